The fourth-order valence-electron chi connectivity index (χ4n) is 5.30. The second-order valence-corrected chi connectivity index (χ2v) is 10.7. The van der Waals surface area contributed by atoms with Crippen LogP contribution in [0.1, 0.15) is 29.2 Å². The molecule has 0 spiro atoms. The minimum Gasteiger partial charge on any atom is -0.463 e. The lowest BCUT2D eigenvalue weighted by atomic mass is 9.88. The SMILES string of the molecule is CC(=O)OC[C@H]1O[C@@](O)(Cc2ccccc2)[C@H](OCc2ccccc2)[C@@H](OCc2ccccc2)[C@@H]1OCc1ccccc1. The van der Waals surface area contributed by atoms with Crippen LogP contribution in [0.4, 0.5) is 0 Å². The molecule has 0 radical (unpaired) electrons. The standard InChI is InChI=1S/C36H38O7/c1-27(37)39-26-32-33(40-23-29-16-8-3-9-17-29)34(41-24-30-18-10-4-11-19-30)35(42-25-31-20-12-5-13-21-31)36(38,43-32)22-28-14-6-2-7-15-28/h2-21,32-35,38H,22-26H2,1H3/t32-,33-,34+,35-,36+/m1/s1. The number of aliphatic hydroxyl groups is 1. The van der Waals surface area contributed by atoms with Crippen LogP contribution in [0.25, 0.3) is 0 Å². The molecule has 224 valence electrons. The molecule has 4 aromatic carbocycles. The van der Waals surface area contributed by atoms with E-state index in [4.69, 9.17) is 23.7 Å². The second-order valence-electron chi connectivity index (χ2n) is 10.7. The van der Waals surface area contributed by atoms with Gasteiger partial charge < -0.3 is 28.8 Å². The largest absolute Gasteiger partial charge is 0.463 e. The van der Waals surface area contributed by atoms with Gasteiger partial charge in [0.25, 0.3) is 0 Å². The monoisotopic (exact) mass is 582 g/mol. The quantitative estimate of drug-likeness (QED) is 0.205. The van der Waals surface area contributed by atoms with Gasteiger partial charge in [-0.15, -0.1) is 0 Å². The van der Waals surface area contributed by atoms with E-state index in [2.05, 4.69) is 0 Å². The molecule has 0 saturated carbocycles. The molecule has 43 heavy (non-hydrogen) atoms. The minimum absolute atomic E-state index is 0.123. The van der Waals surface area contributed by atoms with Crippen LogP contribution >= 0.6 is 0 Å². The first kappa shape index (κ1) is 30.6. The molecule has 0 bridgehead atoms. The highest BCUT2D eigenvalue weighted by Crippen LogP contribution is 2.37. The fraction of sp³-hybridized carbons (Fsp3) is 0.306. The summed E-state index contributed by atoms with van der Waals surface area (Å²) >= 11 is 0. The summed E-state index contributed by atoms with van der Waals surface area (Å²) in [5.41, 5.74) is 3.72. The zero-order chi connectivity index (χ0) is 29.9. The average molecular weight is 583 g/mol. The van der Waals surface area contributed by atoms with Gasteiger partial charge in [0.05, 0.1) is 19.8 Å². The summed E-state index contributed by atoms with van der Waals surface area (Å²) < 4.78 is 31.5. The van der Waals surface area contributed by atoms with Crippen LogP contribution in [0.3, 0.4) is 0 Å². The van der Waals surface area contributed by atoms with Crippen LogP contribution in [0.2, 0.25) is 0 Å². The first-order valence-electron chi connectivity index (χ1n) is 14.5. The smallest absolute Gasteiger partial charge is 0.302 e. The van der Waals surface area contributed by atoms with Gasteiger partial charge in [0.2, 0.25) is 0 Å². The maximum Gasteiger partial charge on any atom is 0.302 e. The van der Waals surface area contributed by atoms with Crippen molar-refractivity contribution >= 4 is 5.97 Å². The third-order valence-electron chi connectivity index (χ3n) is 7.38. The highest BCUT2D eigenvalue weighted by Gasteiger charge is 2.56. The maximum atomic E-state index is 12.3. The number of esters is 1. The summed E-state index contributed by atoms with van der Waals surface area (Å²) in [6.07, 6.45) is -3.18. The van der Waals surface area contributed by atoms with E-state index in [0.29, 0.717) is 0 Å². The highest BCUT2D eigenvalue weighted by molar-refractivity contribution is 5.65. The Balaban J connectivity index is 1.52. The molecule has 5 rings (SSSR count). The summed E-state index contributed by atoms with van der Waals surface area (Å²) in [6.45, 7) is 1.95. The Hall–Kier alpha value is -3.85. The predicted octanol–water partition coefficient (Wildman–Crippen LogP) is 5.64. The van der Waals surface area contributed by atoms with Gasteiger partial charge in [-0.2, -0.15) is 0 Å². The number of hydrogen-bond donors (Lipinski definition) is 1. The fourth-order valence-corrected chi connectivity index (χ4v) is 5.30. The summed E-state index contributed by atoms with van der Waals surface area (Å²) in [6, 6.07) is 38.9. The van der Waals surface area contributed by atoms with Crippen LogP contribution in [0, 0.1) is 0 Å². The molecule has 0 aliphatic carbocycles. The van der Waals surface area contributed by atoms with Gasteiger partial charge in [-0.1, -0.05) is 121 Å². The van der Waals surface area contributed by atoms with E-state index in [1.807, 2.05) is 121 Å². The molecular formula is C36H38O7. The summed E-state index contributed by atoms with van der Waals surface area (Å²) in [7, 11) is 0. The molecule has 0 amide bonds. The maximum absolute atomic E-state index is 12.3. The van der Waals surface area contributed by atoms with Crippen LogP contribution < -0.4 is 0 Å². The van der Waals surface area contributed by atoms with Gasteiger partial charge in [0.15, 0.2) is 5.79 Å². The molecule has 1 fully saturated rings. The molecule has 1 N–H and O–H groups in total. The van der Waals surface area contributed by atoms with E-state index < -0.39 is 36.2 Å². The number of rotatable bonds is 13. The van der Waals surface area contributed by atoms with Crippen molar-refractivity contribution in [1.82, 2.24) is 0 Å². The Labute approximate surface area is 252 Å². The van der Waals surface area contributed by atoms with Crippen molar-refractivity contribution < 1.29 is 33.6 Å². The minimum atomic E-state index is -1.82. The van der Waals surface area contributed by atoms with Crippen molar-refractivity contribution in [3.8, 4) is 0 Å². The zero-order valence-corrected chi connectivity index (χ0v) is 24.3. The Morgan fingerprint density at radius 3 is 1.53 bits per heavy atom. The lowest BCUT2D eigenvalue weighted by Crippen LogP contribution is -2.68. The second kappa shape index (κ2) is 15.0. The molecule has 7 heteroatoms. The van der Waals surface area contributed by atoms with E-state index in [1.165, 1.54) is 6.92 Å². The lowest BCUT2D eigenvalue weighted by molar-refractivity contribution is -0.369. The van der Waals surface area contributed by atoms with Gasteiger partial charge in [-0.05, 0) is 22.3 Å². The summed E-state index contributed by atoms with van der Waals surface area (Å²) in [5, 5.41) is 12.3. The molecular weight excluding hydrogens is 544 g/mol. The lowest BCUT2D eigenvalue weighted by Gasteiger charge is -2.50. The molecule has 1 aliphatic rings. The summed E-state index contributed by atoms with van der Waals surface area (Å²) in [4.78, 5) is 11.9. The van der Waals surface area contributed by atoms with Crippen molar-refractivity contribution in [2.45, 2.75) is 63.4 Å². The number of benzene rings is 4. The van der Waals surface area contributed by atoms with Crippen LogP contribution in [0.5, 0.6) is 0 Å². The van der Waals surface area contributed by atoms with Gasteiger partial charge in [-0.3, -0.25) is 4.79 Å². The van der Waals surface area contributed by atoms with Crippen molar-refractivity contribution in [3.05, 3.63) is 144 Å². The number of ether oxygens (including phenoxy) is 5. The summed E-state index contributed by atoms with van der Waals surface area (Å²) in [5.74, 6) is -2.28. The van der Waals surface area contributed by atoms with Crippen LogP contribution in [0.15, 0.2) is 121 Å². The van der Waals surface area contributed by atoms with E-state index in [9.17, 15) is 9.90 Å². The molecule has 0 aromatic heterocycles. The van der Waals surface area contributed by atoms with Crippen molar-refractivity contribution in [1.29, 1.82) is 0 Å². The van der Waals surface area contributed by atoms with Crippen molar-refractivity contribution in [3.63, 3.8) is 0 Å². The van der Waals surface area contributed by atoms with E-state index in [1.54, 1.807) is 0 Å². The third kappa shape index (κ3) is 8.60. The predicted molar refractivity (Wildman–Crippen MR) is 162 cm³/mol. The molecule has 0 unspecified atom stereocenters. The van der Waals surface area contributed by atoms with Crippen molar-refractivity contribution in [2.75, 3.05) is 6.61 Å². The van der Waals surface area contributed by atoms with Gasteiger partial charge in [-0.25, -0.2) is 0 Å². The van der Waals surface area contributed by atoms with E-state index >= 15 is 0 Å². The Morgan fingerprint density at radius 2 is 1.07 bits per heavy atom. The molecule has 7 nitrogen and oxygen atoms in total. The zero-order valence-electron chi connectivity index (χ0n) is 24.3. The first-order valence-corrected chi connectivity index (χ1v) is 14.5. The Bertz CT molecular complexity index is 1380. The number of hydrogen-bond acceptors (Lipinski definition) is 7. The number of carbonyl (C=O) groups excluding carboxylic acids is 1. The Morgan fingerprint density at radius 1 is 0.651 bits per heavy atom. The first-order chi connectivity index (χ1) is 21.0. The molecule has 1 heterocycles. The van der Waals surface area contributed by atoms with Crippen molar-refractivity contribution in [2.24, 2.45) is 0 Å². The molecule has 1 aliphatic heterocycles. The Kier molecular flexibility index (Phi) is 10.7. The molecule has 5 atom stereocenters. The van der Waals surface area contributed by atoms with Gasteiger partial charge in [0.1, 0.15) is 31.0 Å². The normalized spacial score (nSPS) is 23.5. The topological polar surface area (TPSA) is 83.5 Å². The van der Waals surface area contributed by atoms with E-state index in [0.717, 1.165) is 22.3 Å². The van der Waals surface area contributed by atoms with Gasteiger partial charge >= 0.3 is 5.97 Å². The van der Waals surface area contributed by atoms with Gasteiger partial charge in [0, 0.05) is 13.3 Å². The van der Waals surface area contributed by atoms with Crippen LogP contribution in [-0.4, -0.2) is 47.9 Å². The number of carbonyl (C=O) groups is 1. The molecule has 1 saturated heterocycles. The van der Waals surface area contributed by atoms with E-state index in [-0.39, 0.29) is 32.8 Å². The third-order valence-corrected chi connectivity index (χ3v) is 7.38. The average Bonchev–Trinajstić information content (AvgIpc) is 3.03. The molecule has 4 aromatic rings. The highest BCUT2D eigenvalue weighted by atomic mass is 16.7. The van der Waals surface area contributed by atoms with Crippen LogP contribution in [-0.2, 0) is 54.7 Å².